The van der Waals surface area contributed by atoms with E-state index >= 15 is 0 Å². The first-order valence-corrected chi connectivity index (χ1v) is 6.84. The maximum absolute atomic E-state index is 11.9. The lowest BCUT2D eigenvalue weighted by Crippen LogP contribution is -2.45. The van der Waals surface area contributed by atoms with Crippen LogP contribution in [0.4, 0.5) is 0 Å². The minimum absolute atomic E-state index is 0.0275. The third kappa shape index (κ3) is 5.75. The van der Waals surface area contributed by atoms with Crippen LogP contribution in [0.1, 0.15) is 39.2 Å². The van der Waals surface area contributed by atoms with E-state index in [-0.39, 0.29) is 23.7 Å². The van der Waals surface area contributed by atoms with E-state index in [2.05, 4.69) is 17.6 Å². The maximum atomic E-state index is 11.9. The van der Waals surface area contributed by atoms with Crippen LogP contribution in [-0.2, 0) is 11.3 Å². The van der Waals surface area contributed by atoms with Gasteiger partial charge in [0.2, 0.25) is 5.91 Å². The molecule has 1 aromatic carbocycles. The van der Waals surface area contributed by atoms with Crippen LogP contribution in [0.15, 0.2) is 24.3 Å². The van der Waals surface area contributed by atoms with Crippen LogP contribution in [0.5, 0.6) is 5.75 Å². The molecule has 2 unspecified atom stereocenters. The number of benzene rings is 1. The van der Waals surface area contributed by atoms with Crippen LogP contribution in [0.3, 0.4) is 0 Å². The molecule has 4 nitrogen and oxygen atoms in total. The van der Waals surface area contributed by atoms with Crippen LogP contribution >= 0.6 is 0 Å². The van der Waals surface area contributed by atoms with Crippen LogP contribution in [0.2, 0.25) is 0 Å². The van der Waals surface area contributed by atoms with Crippen LogP contribution in [0.25, 0.3) is 0 Å². The second kappa shape index (κ2) is 7.79. The zero-order chi connectivity index (χ0) is 14.3. The largest absolute Gasteiger partial charge is 0.508 e. The first-order chi connectivity index (χ1) is 9.02. The maximum Gasteiger partial charge on any atom is 0.237 e. The van der Waals surface area contributed by atoms with Crippen molar-refractivity contribution in [1.29, 1.82) is 0 Å². The molecule has 0 bridgehead atoms. The van der Waals surface area contributed by atoms with Crippen molar-refractivity contribution in [3.05, 3.63) is 29.8 Å². The van der Waals surface area contributed by atoms with Crippen molar-refractivity contribution in [2.24, 2.45) is 0 Å². The lowest BCUT2D eigenvalue weighted by Gasteiger charge is -2.18. The molecule has 3 N–H and O–H groups in total. The number of carbonyl (C=O) groups excluding carboxylic acids is 1. The Hall–Kier alpha value is -1.55. The molecule has 0 aliphatic rings. The summed E-state index contributed by atoms with van der Waals surface area (Å²) in [4.78, 5) is 11.9. The summed E-state index contributed by atoms with van der Waals surface area (Å²) in [5.41, 5.74) is 1.04. The van der Waals surface area contributed by atoms with E-state index in [0.717, 1.165) is 18.4 Å². The Morgan fingerprint density at radius 2 is 1.89 bits per heavy atom. The summed E-state index contributed by atoms with van der Waals surface area (Å²) in [7, 11) is 0. The first kappa shape index (κ1) is 15.5. The van der Waals surface area contributed by atoms with E-state index < -0.39 is 0 Å². The summed E-state index contributed by atoms with van der Waals surface area (Å²) in [6.07, 6.45) is 2.06. The number of phenolic OH excluding ortho intramolecular Hbond substituents is 1. The van der Waals surface area contributed by atoms with Gasteiger partial charge in [0.05, 0.1) is 6.04 Å². The number of rotatable bonds is 7. The van der Waals surface area contributed by atoms with Gasteiger partial charge in [0.15, 0.2) is 0 Å². The average molecular weight is 264 g/mol. The number of nitrogens with one attached hydrogen (secondary N) is 2. The van der Waals surface area contributed by atoms with Gasteiger partial charge in [-0.05, 0) is 38.0 Å². The Bertz CT molecular complexity index is 390. The zero-order valence-corrected chi connectivity index (χ0v) is 11.9. The molecular weight excluding hydrogens is 240 g/mol. The predicted molar refractivity (Wildman–Crippen MR) is 76.9 cm³/mol. The van der Waals surface area contributed by atoms with Gasteiger partial charge >= 0.3 is 0 Å². The minimum atomic E-state index is -0.229. The topological polar surface area (TPSA) is 61.4 Å². The van der Waals surface area contributed by atoms with Crippen LogP contribution in [-0.4, -0.2) is 23.1 Å². The lowest BCUT2D eigenvalue weighted by atomic mass is 10.1. The summed E-state index contributed by atoms with van der Waals surface area (Å²) in [6.45, 7) is 6.59. The van der Waals surface area contributed by atoms with E-state index in [9.17, 15) is 9.90 Å². The number of phenols is 1. The number of hydrogen-bond acceptors (Lipinski definition) is 3. The molecule has 19 heavy (non-hydrogen) atoms. The third-order valence-electron chi connectivity index (χ3n) is 3.05. The van der Waals surface area contributed by atoms with Gasteiger partial charge in [-0.15, -0.1) is 0 Å². The molecule has 0 saturated carbocycles. The quantitative estimate of drug-likeness (QED) is 0.707. The van der Waals surface area contributed by atoms with Gasteiger partial charge in [-0.25, -0.2) is 0 Å². The van der Waals surface area contributed by atoms with Crippen molar-refractivity contribution in [2.45, 2.75) is 52.2 Å². The summed E-state index contributed by atoms with van der Waals surface area (Å²) in [5, 5.41) is 15.3. The smallest absolute Gasteiger partial charge is 0.237 e. The molecule has 0 spiro atoms. The van der Waals surface area contributed by atoms with Gasteiger partial charge in [0.25, 0.3) is 0 Å². The zero-order valence-electron chi connectivity index (χ0n) is 11.9. The van der Waals surface area contributed by atoms with Gasteiger partial charge in [0.1, 0.15) is 5.75 Å². The molecule has 0 aliphatic carbocycles. The van der Waals surface area contributed by atoms with E-state index in [1.807, 2.05) is 26.0 Å². The highest BCUT2D eigenvalue weighted by Crippen LogP contribution is 2.09. The Kier molecular flexibility index (Phi) is 6.36. The molecule has 2 atom stereocenters. The SMILES string of the molecule is CCCC(C)NC(=O)C(C)NCc1ccc(O)cc1. The molecular formula is C15H24N2O2. The summed E-state index contributed by atoms with van der Waals surface area (Å²) in [5.74, 6) is 0.280. The third-order valence-corrected chi connectivity index (χ3v) is 3.05. The second-order valence-corrected chi connectivity index (χ2v) is 4.97. The Morgan fingerprint density at radius 3 is 2.47 bits per heavy atom. The molecule has 0 aliphatic heterocycles. The average Bonchev–Trinajstić information content (AvgIpc) is 2.37. The van der Waals surface area contributed by atoms with E-state index in [0.29, 0.717) is 6.54 Å². The second-order valence-electron chi connectivity index (χ2n) is 4.97. The Morgan fingerprint density at radius 1 is 1.26 bits per heavy atom. The first-order valence-electron chi connectivity index (χ1n) is 6.84. The van der Waals surface area contributed by atoms with Crippen molar-refractivity contribution in [3.8, 4) is 5.75 Å². The summed E-state index contributed by atoms with van der Waals surface area (Å²) < 4.78 is 0. The summed E-state index contributed by atoms with van der Waals surface area (Å²) in [6, 6.07) is 6.96. The molecule has 0 saturated heterocycles. The van der Waals surface area contributed by atoms with Crippen molar-refractivity contribution in [2.75, 3.05) is 0 Å². The fourth-order valence-corrected chi connectivity index (χ4v) is 1.85. The lowest BCUT2D eigenvalue weighted by molar-refractivity contribution is -0.123. The number of hydrogen-bond donors (Lipinski definition) is 3. The number of amides is 1. The molecule has 0 aromatic heterocycles. The van der Waals surface area contributed by atoms with Gasteiger partial charge in [-0.2, -0.15) is 0 Å². The standard InChI is InChI=1S/C15H24N2O2/c1-4-5-11(2)17-15(19)12(3)16-10-13-6-8-14(18)9-7-13/h6-9,11-12,16,18H,4-5,10H2,1-3H3,(H,17,19). The Labute approximate surface area is 115 Å². The van der Waals surface area contributed by atoms with E-state index in [1.165, 1.54) is 0 Å². The van der Waals surface area contributed by atoms with Crippen molar-refractivity contribution >= 4 is 5.91 Å². The fourth-order valence-electron chi connectivity index (χ4n) is 1.85. The number of aromatic hydroxyl groups is 1. The highest BCUT2D eigenvalue weighted by molar-refractivity contribution is 5.81. The highest BCUT2D eigenvalue weighted by Gasteiger charge is 2.14. The molecule has 1 amide bonds. The highest BCUT2D eigenvalue weighted by atomic mass is 16.3. The van der Waals surface area contributed by atoms with Gasteiger partial charge in [-0.1, -0.05) is 25.5 Å². The number of carbonyl (C=O) groups is 1. The van der Waals surface area contributed by atoms with Crippen LogP contribution < -0.4 is 10.6 Å². The molecule has 106 valence electrons. The summed E-state index contributed by atoms with van der Waals surface area (Å²) >= 11 is 0. The van der Waals surface area contributed by atoms with Crippen molar-refractivity contribution in [3.63, 3.8) is 0 Å². The molecule has 0 heterocycles. The molecule has 0 radical (unpaired) electrons. The monoisotopic (exact) mass is 264 g/mol. The predicted octanol–water partition coefficient (Wildman–Crippen LogP) is 2.18. The van der Waals surface area contributed by atoms with Gasteiger partial charge in [0, 0.05) is 12.6 Å². The van der Waals surface area contributed by atoms with E-state index in [4.69, 9.17) is 0 Å². The van der Waals surface area contributed by atoms with Crippen molar-refractivity contribution in [1.82, 2.24) is 10.6 Å². The fraction of sp³-hybridized carbons (Fsp3) is 0.533. The molecule has 0 fully saturated rings. The van der Waals surface area contributed by atoms with Gasteiger partial charge in [-0.3, -0.25) is 4.79 Å². The Balaban J connectivity index is 2.35. The molecule has 1 rings (SSSR count). The molecule has 1 aromatic rings. The normalized spacial score (nSPS) is 13.8. The molecule has 4 heteroatoms. The van der Waals surface area contributed by atoms with E-state index in [1.54, 1.807) is 12.1 Å². The van der Waals surface area contributed by atoms with Crippen molar-refractivity contribution < 1.29 is 9.90 Å². The minimum Gasteiger partial charge on any atom is -0.508 e. The van der Waals surface area contributed by atoms with Gasteiger partial charge < -0.3 is 15.7 Å². The van der Waals surface area contributed by atoms with Crippen LogP contribution in [0, 0.1) is 0 Å².